The summed E-state index contributed by atoms with van der Waals surface area (Å²) in [5.74, 6) is 0.236. The molecule has 0 atom stereocenters. The van der Waals surface area contributed by atoms with E-state index in [0.717, 1.165) is 26.9 Å². The van der Waals surface area contributed by atoms with Gasteiger partial charge in [-0.3, -0.25) is 4.57 Å². The molecule has 3 aromatic carbocycles. The Labute approximate surface area is 159 Å². The molecule has 26 heavy (non-hydrogen) atoms. The van der Waals surface area contributed by atoms with Gasteiger partial charge in [0.25, 0.3) is 0 Å². The van der Waals surface area contributed by atoms with Crippen LogP contribution >= 0.6 is 15.9 Å². The summed E-state index contributed by atoms with van der Waals surface area (Å²) < 4.78 is 8.37. The highest BCUT2D eigenvalue weighted by Gasteiger charge is 2.20. The predicted molar refractivity (Wildman–Crippen MR) is 107 cm³/mol. The molecule has 0 unspecified atom stereocenters. The second-order valence-electron chi connectivity index (χ2n) is 5.99. The van der Waals surface area contributed by atoms with Gasteiger partial charge in [0.2, 0.25) is 0 Å². The van der Waals surface area contributed by atoms with E-state index in [4.69, 9.17) is 4.42 Å². The molecule has 0 radical (unpaired) electrons. The summed E-state index contributed by atoms with van der Waals surface area (Å²) in [5.41, 5.74) is 3.66. The van der Waals surface area contributed by atoms with Crippen LogP contribution in [-0.4, -0.2) is 4.57 Å². The molecule has 0 saturated carbocycles. The lowest BCUT2D eigenvalue weighted by molar-refractivity contribution is 0.497. The Bertz CT molecular complexity index is 1060. The van der Waals surface area contributed by atoms with Gasteiger partial charge in [-0.1, -0.05) is 88.7 Å². The Kier molecular flexibility index (Phi) is 4.59. The molecule has 4 heteroatoms. The summed E-state index contributed by atoms with van der Waals surface area (Å²) in [7, 11) is 0. The van der Waals surface area contributed by atoms with E-state index in [1.54, 1.807) is 4.57 Å². The predicted octanol–water partition coefficient (Wildman–Crippen LogP) is 5.59. The van der Waals surface area contributed by atoms with Crippen molar-refractivity contribution in [2.24, 2.45) is 0 Å². The quantitative estimate of drug-likeness (QED) is 0.443. The zero-order chi connectivity index (χ0) is 17.9. The Morgan fingerprint density at radius 2 is 1.38 bits per heavy atom. The van der Waals surface area contributed by atoms with Crippen LogP contribution in [0.1, 0.15) is 5.56 Å². The van der Waals surface area contributed by atoms with E-state index in [2.05, 4.69) is 15.9 Å². The van der Waals surface area contributed by atoms with Gasteiger partial charge in [0.1, 0.15) is 0 Å². The molecule has 0 amide bonds. The normalized spacial score (nSPS) is 10.8. The minimum absolute atomic E-state index is 0.356. The first kappa shape index (κ1) is 16.6. The van der Waals surface area contributed by atoms with Crippen LogP contribution in [0.2, 0.25) is 0 Å². The van der Waals surface area contributed by atoms with Crippen molar-refractivity contribution in [3.8, 4) is 22.6 Å². The zero-order valence-corrected chi connectivity index (χ0v) is 15.5. The first-order valence-electron chi connectivity index (χ1n) is 8.31. The van der Waals surface area contributed by atoms with E-state index in [1.807, 2.05) is 84.9 Å². The lowest BCUT2D eigenvalue weighted by Crippen LogP contribution is -2.16. The van der Waals surface area contributed by atoms with Crippen LogP contribution in [0.15, 0.2) is 98.6 Å². The molecule has 0 N–H and O–H groups in total. The van der Waals surface area contributed by atoms with Gasteiger partial charge < -0.3 is 4.42 Å². The van der Waals surface area contributed by atoms with E-state index >= 15 is 0 Å². The maximum Gasteiger partial charge on any atom is 0.420 e. The van der Waals surface area contributed by atoms with Gasteiger partial charge in [-0.2, -0.15) is 0 Å². The van der Waals surface area contributed by atoms with Gasteiger partial charge in [-0.25, -0.2) is 4.79 Å². The lowest BCUT2D eigenvalue weighted by atomic mass is 10.1. The molecule has 1 aromatic heterocycles. The summed E-state index contributed by atoms with van der Waals surface area (Å²) in [5, 5.41) is 0. The van der Waals surface area contributed by atoms with Crippen molar-refractivity contribution < 1.29 is 4.42 Å². The Balaban J connectivity index is 1.92. The molecule has 4 aromatic rings. The van der Waals surface area contributed by atoms with Crippen LogP contribution in [0.5, 0.6) is 0 Å². The summed E-state index contributed by atoms with van der Waals surface area (Å²) in [6.45, 7) is 0.460. The fraction of sp³-hybridized carbons (Fsp3) is 0.0455. The molecular formula is C22H16BrNO2. The first-order valence-corrected chi connectivity index (χ1v) is 9.10. The van der Waals surface area contributed by atoms with Gasteiger partial charge in [-0.05, 0) is 17.7 Å². The number of hydrogen-bond donors (Lipinski definition) is 0. The first-order chi connectivity index (χ1) is 12.7. The summed E-state index contributed by atoms with van der Waals surface area (Å²) in [6, 6.07) is 27.6. The van der Waals surface area contributed by atoms with Crippen molar-refractivity contribution in [1.82, 2.24) is 4.57 Å². The Morgan fingerprint density at radius 1 is 0.769 bits per heavy atom. The SMILES string of the molecule is O=c1oc(-c2ccccc2)c(-c2ccc(Br)cc2)n1Cc1ccccc1. The minimum Gasteiger partial charge on any atom is -0.407 e. The Morgan fingerprint density at radius 3 is 2.04 bits per heavy atom. The number of aromatic nitrogens is 1. The van der Waals surface area contributed by atoms with Crippen LogP contribution < -0.4 is 5.76 Å². The molecule has 0 aliphatic carbocycles. The van der Waals surface area contributed by atoms with Gasteiger partial charge in [0, 0.05) is 15.6 Å². The van der Waals surface area contributed by atoms with E-state index in [0.29, 0.717) is 12.3 Å². The number of benzene rings is 3. The highest BCUT2D eigenvalue weighted by molar-refractivity contribution is 9.10. The fourth-order valence-electron chi connectivity index (χ4n) is 2.99. The van der Waals surface area contributed by atoms with E-state index in [1.165, 1.54) is 0 Å². The van der Waals surface area contributed by atoms with Crippen LogP contribution in [0.25, 0.3) is 22.6 Å². The van der Waals surface area contributed by atoms with E-state index < -0.39 is 0 Å². The standard InChI is InChI=1S/C22H16BrNO2/c23-19-13-11-17(12-14-19)20-21(18-9-5-2-6-10-18)26-22(25)24(20)15-16-7-3-1-4-8-16/h1-14H,15H2. The monoisotopic (exact) mass is 405 g/mol. The van der Waals surface area contributed by atoms with Crippen molar-refractivity contribution in [3.05, 3.63) is 106 Å². The van der Waals surface area contributed by atoms with E-state index in [-0.39, 0.29) is 5.76 Å². The fourth-order valence-corrected chi connectivity index (χ4v) is 3.26. The molecule has 1 heterocycles. The van der Waals surface area contributed by atoms with Crippen molar-refractivity contribution in [2.45, 2.75) is 6.54 Å². The number of rotatable bonds is 4. The maximum atomic E-state index is 12.7. The molecule has 128 valence electrons. The third-order valence-electron chi connectivity index (χ3n) is 4.23. The molecule has 3 nitrogen and oxygen atoms in total. The molecule has 0 fully saturated rings. The average Bonchev–Trinajstić information content (AvgIpc) is 3.00. The molecular weight excluding hydrogens is 390 g/mol. The smallest absolute Gasteiger partial charge is 0.407 e. The average molecular weight is 406 g/mol. The third kappa shape index (κ3) is 3.28. The number of halogens is 1. The zero-order valence-electron chi connectivity index (χ0n) is 13.9. The largest absolute Gasteiger partial charge is 0.420 e. The number of nitrogens with zero attached hydrogens (tertiary/aromatic N) is 1. The van der Waals surface area contributed by atoms with Gasteiger partial charge in [0.15, 0.2) is 5.76 Å². The van der Waals surface area contributed by atoms with Gasteiger partial charge in [0.05, 0.1) is 12.2 Å². The Hall–Kier alpha value is -2.85. The second-order valence-corrected chi connectivity index (χ2v) is 6.91. The van der Waals surface area contributed by atoms with Crippen molar-refractivity contribution in [2.75, 3.05) is 0 Å². The van der Waals surface area contributed by atoms with Crippen molar-refractivity contribution >= 4 is 15.9 Å². The van der Waals surface area contributed by atoms with Gasteiger partial charge >= 0.3 is 5.76 Å². The van der Waals surface area contributed by atoms with Crippen molar-refractivity contribution in [1.29, 1.82) is 0 Å². The number of hydrogen-bond acceptors (Lipinski definition) is 2. The van der Waals surface area contributed by atoms with Crippen molar-refractivity contribution in [3.63, 3.8) is 0 Å². The summed E-state index contributed by atoms with van der Waals surface area (Å²) >= 11 is 3.47. The van der Waals surface area contributed by atoms with Crippen LogP contribution in [-0.2, 0) is 6.54 Å². The topological polar surface area (TPSA) is 35.1 Å². The highest BCUT2D eigenvalue weighted by atomic mass is 79.9. The lowest BCUT2D eigenvalue weighted by Gasteiger charge is -2.09. The maximum absolute atomic E-state index is 12.7. The van der Waals surface area contributed by atoms with E-state index in [9.17, 15) is 4.79 Å². The molecule has 0 spiro atoms. The highest BCUT2D eigenvalue weighted by Crippen LogP contribution is 2.32. The van der Waals surface area contributed by atoms with Crippen LogP contribution in [0.4, 0.5) is 0 Å². The molecule has 0 aliphatic heterocycles. The third-order valence-corrected chi connectivity index (χ3v) is 4.76. The summed E-state index contributed by atoms with van der Waals surface area (Å²) in [4.78, 5) is 12.7. The number of oxazole rings is 1. The molecule has 0 saturated heterocycles. The minimum atomic E-state index is -0.356. The molecule has 0 bridgehead atoms. The molecule has 0 aliphatic rings. The second kappa shape index (κ2) is 7.18. The summed E-state index contributed by atoms with van der Waals surface area (Å²) in [6.07, 6.45) is 0. The molecule has 4 rings (SSSR count). The van der Waals surface area contributed by atoms with Gasteiger partial charge in [-0.15, -0.1) is 0 Å². The van der Waals surface area contributed by atoms with Crippen LogP contribution in [0, 0.1) is 0 Å². The van der Waals surface area contributed by atoms with Crippen LogP contribution in [0.3, 0.4) is 0 Å².